The standard InChI is InChI=1S/C19H30N2O2/c1-8-15(20)21-16(22)10-12-9-13(18(2,3)4)11-14(17(12)23)19(5,6)7/h8-9,11,23H,10,20H2,1-7H3,(H,21,22). The van der Waals surface area contributed by atoms with Crippen LogP contribution in [0.1, 0.15) is 65.2 Å². The molecule has 1 aromatic carbocycles. The Labute approximate surface area is 139 Å². The van der Waals surface area contributed by atoms with Crippen LogP contribution in [0.5, 0.6) is 5.75 Å². The molecule has 0 aliphatic heterocycles. The Morgan fingerprint density at radius 1 is 1.17 bits per heavy atom. The van der Waals surface area contributed by atoms with Crippen molar-refractivity contribution in [3.8, 4) is 5.75 Å². The van der Waals surface area contributed by atoms with Gasteiger partial charge in [0.2, 0.25) is 5.91 Å². The van der Waals surface area contributed by atoms with Crippen molar-refractivity contribution in [2.45, 2.75) is 65.7 Å². The fourth-order valence-corrected chi connectivity index (χ4v) is 2.28. The van der Waals surface area contributed by atoms with Gasteiger partial charge in [-0.1, -0.05) is 53.7 Å². The molecule has 1 amide bonds. The molecule has 0 atom stereocenters. The van der Waals surface area contributed by atoms with Gasteiger partial charge in [-0.25, -0.2) is 0 Å². The first-order valence-corrected chi connectivity index (χ1v) is 7.94. The number of carbonyl (C=O) groups excluding carboxylic acids is 1. The lowest BCUT2D eigenvalue weighted by molar-refractivity contribution is -0.119. The van der Waals surface area contributed by atoms with E-state index in [1.54, 1.807) is 13.0 Å². The van der Waals surface area contributed by atoms with E-state index in [1.807, 2.05) is 12.1 Å². The van der Waals surface area contributed by atoms with Crippen LogP contribution in [0.2, 0.25) is 0 Å². The molecule has 0 bridgehead atoms. The lowest BCUT2D eigenvalue weighted by Gasteiger charge is -2.27. The van der Waals surface area contributed by atoms with E-state index in [-0.39, 0.29) is 28.9 Å². The van der Waals surface area contributed by atoms with Crippen molar-refractivity contribution in [2.24, 2.45) is 5.73 Å². The van der Waals surface area contributed by atoms with Crippen molar-refractivity contribution in [3.63, 3.8) is 0 Å². The molecule has 4 nitrogen and oxygen atoms in total. The molecular weight excluding hydrogens is 288 g/mol. The molecule has 0 heterocycles. The molecule has 0 radical (unpaired) electrons. The average Bonchev–Trinajstić information content (AvgIpc) is 2.38. The molecule has 0 aromatic heterocycles. The number of amides is 1. The Bertz CT molecular complexity index is 617. The molecule has 23 heavy (non-hydrogen) atoms. The zero-order valence-electron chi connectivity index (χ0n) is 15.4. The van der Waals surface area contributed by atoms with Gasteiger partial charge in [0.1, 0.15) is 5.75 Å². The Kier molecular flexibility index (Phi) is 5.51. The summed E-state index contributed by atoms with van der Waals surface area (Å²) in [5.41, 5.74) is 7.93. The second-order valence-electron chi connectivity index (χ2n) is 8.00. The molecule has 4 N–H and O–H groups in total. The average molecular weight is 318 g/mol. The predicted octanol–water partition coefficient (Wildman–Crippen LogP) is 3.47. The minimum atomic E-state index is -0.234. The van der Waals surface area contributed by atoms with Crippen molar-refractivity contribution in [1.29, 1.82) is 0 Å². The Morgan fingerprint density at radius 2 is 1.74 bits per heavy atom. The van der Waals surface area contributed by atoms with E-state index in [1.165, 1.54) is 0 Å². The number of allylic oxidation sites excluding steroid dienone is 1. The monoisotopic (exact) mass is 318 g/mol. The molecule has 0 saturated carbocycles. The van der Waals surface area contributed by atoms with Gasteiger partial charge < -0.3 is 16.2 Å². The summed E-state index contributed by atoms with van der Waals surface area (Å²) in [6.45, 7) is 14.3. The van der Waals surface area contributed by atoms with Crippen LogP contribution in [-0.2, 0) is 22.0 Å². The van der Waals surface area contributed by atoms with E-state index < -0.39 is 0 Å². The van der Waals surface area contributed by atoms with Crippen molar-refractivity contribution in [2.75, 3.05) is 0 Å². The van der Waals surface area contributed by atoms with Gasteiger partial charge >= 0.3 is 0 Å². The summed E-state index contributed by atoms with van der Waals surface area (Å²) in [6.07, 6.45) is 1.72. The molecule has 0 aliphatic rings. The summed E-state index contributed by atoms with van der Waals surface area (Å²) in [6, 6.07) is 3.95. The fraction of sp³-hybridized carbons (Fsp3) is 0.526. The van der Waals surface area contributed by atoms with Crippen molar-refractivity contribution in [1.82, 2.24) is 5.32 Å². The maximum Gasteiger partial charge on any atom is 0.230 e. The van der Waals surface area contributed by atoms with Crippen LogP contribution in [0, 0.1) is 0 Å². The number of phenolic OH excluding ortho intramolecular Hbond substituents is 1. The molecule has 4 heteroatoms. The molecular formula is C19H30N2O2. The molecule has 0 spiro atoms. The van der Waals surface area contributed by atoms with Crippen LogP contribution >= 0.6 is 0 Å². The van der Waals surface area contributed by atoms with Gasteiger partial charge in [-0.3, -0.25) is 4.79 Å². The van der Waals surface area contributed by atoms with Gasteiger partial charge in [0.05, 0.1) is 12.2 Å². The highest BCUT2D eigenvalue weighted by Crippen LogP contribution is 2.37. The number of hydrogen-bond donors (Lipinski definition) is 3. The molecule has 128 valence electrons. The summed E-state index contributed by atoms with van der Waals surface area (Å²) < 4.78 is 0. The maximum absolute atomic E-state index is 12.1. The highest BCUT2D eigenvalue weighted by molar-refractivity contribution is 5.81. The normalized spacial score (nSPS) is 13.1. The Hall–Kier alpha value is -1.97. The second-order valence-corrected chi connectivity index (χ2v) is 8.00. The summed E-state index contributed by atoms with van der Waals surface area (Å²) >= 11 is 0. The summed E-state index contributed by atoms with van der Waals surface area (Å²) in [4.78, 5) is 12.1. The van der Waals surface area contributed by atoms with Gasteiger partial charge in [0, 0.05) is 5.56 Å². The third-order valence-corrected chi connectivity index (χ3v) is 3.81. The minimum Gasteiger partial charge on any atom is -0.507 e. The lowest BCUT2D eigenvalue weighted by Crippen LogP contribution is -2.29. The molecule has 0 aliphatic carbocycles. The highest BCUT2D eigenvalue weighted by atomic mass is 16.3. The molecule has 1 rings (SSSR count). The number of benzene rings is 1. The fourth-order valence-electron chi connectivity index (χ4n) is 2.28. The number of nitrogens with one attached hydrogen (secondary N) is 1. The third-order valence-electron chi connectivity index (χ3n) is 3.81. The van der Waals surface area contributed by atoms with E-state index >= 15 is 0 Å². The van der Waals surface area contributed by atoms with Crippen LogP contribution in [-0.4, -0.2) is 11.0 Å². The van der Waals surface area contributed by atoms with Crippen molar-refractivity contribution < 1.29 is 9.90 Å². The zero-order valence-corrected chi connectivity index (χ0v) is 15.4. The van der Waals surface area contributed by atoms with Crippen molar-refractivity contribution in [3.05, 3.63) is 40.7 Å². The number of carbonyl (C=O) groups is 1. The van der Waals surface area contributed by atoms with E-state index in [9.17, 15) is 9.90 Å². The van der Waals surface area contributed by atoms with Gasteiger partial charge in [-0.15, -0.1) is 0 Å². The Morgan fingerprint density at radius 3 is 2.17 bits per heavy atom. The summed E-state index contributed by atoms with van der Waals surface area (Å²) in [5, 5.41) is 13.2. The molecule has 1 aromatic rings. The van der Waals surface area contributed by atoms with Crippen LogP contribution in [0.15, 0.2) is 24.0 Å². The highest BCUT2D eigenvalue weighted by Gasteiger charge is 2.25. The molecule has 0 fully saturated rings. The van der Waals surface area contributed by atoms with Gasteiger partial charge in [-0.2, -0.15) is 0 Å². The van der Waals surface area contributed by atoms with Crippen molar-refractivity contribution >= 4 is 5.91 Å². The predicted molar refractivity (Wildman–Crippen MR) is 95.3 cm³/mol. The van der Waals surface area contributed by atoms with E-state index in [0.717, 1.165) is 11.1 Å². The first kappa shape index (κ1) is 19.1. The summed E-state index contributed by atoms with van der Waals surface area (Å²) in [5.74, 6) is 0.277. The van der Waals surface area contributed by atoms with Gasteiger partial charge in [0.15, 0.2) is 0 Å². The number of rotatable bonds is 3. The first-order chi connectivity index (χ1) is 10.4. The Balaban J connectivity index is 3.33. The molecule has 0 saturated heterocycles. The van der Waals surface area contributed by atoms with Gasteiger partial charge in [0.25, 0.3) is 0 Å². The van der Waals surface area contributed by atoms with Crippen LogP contribution in [0.3, 0.4) is 0 Å². The topological polar surface area (TPSA) is 75.3 Å². The van der Waals surface area contributed by atoms with E-state index in [0.29, 0.717) is 11.4 Å². The smallest absolute Gasteiger partial charge is 0.230 e. The largest absolute Gasteiger partial charge is 0.507 e. The van der Waals surface area contributed by atoms with E-state index in [4.69, 9.17) is 5.73 Å². The quantitative estimate of drug-likeness (QED) is 0.799. The maximum atomic E-state index is 12.1. The minimum absolute atomic E-state index is 0.0682. The van der Waals surface area contributed by atoms with Crippen LogP contribution < -0.4 is 11.1 Å². The summed E-state index contributed by atoms with van der Waals surface area (Å²) in [7, 11) is 0. The van der Waals surface area contributed by atoms with Gasteiger partial charge in [-0.05, 0) is 35.0 Å². The first-order valence-electron chi connectivity index (χ1n) is 7.94. The number of phenols is 1. The number of nitrogens with two attached hydrogens (primary N) is 1. The number of aromatic hydroxyl groups is 1. The second kappa shape index (κ2) is 6.65. The number of hydrogen-bond acceptors (Lipinski definition) is 3. The van der Waals surface area contributed by atoms with Crippen LogP contribution in [0.25, 0.3) is 0 Å². The third kappa shape index (κ3) is 5.02. The SMILES string of the molecule is CC=C(N)NC(=O)Cc1cc(C(C)(C)C)cc(C(C)(C)C)c1O. The lowest BCUT2D eigenvalue weighted by atomic mass is 9.78. The van der Waals surface area contributed by atoms with Crippen LogP contribution in [0.4, 0.5) is 0 Å². The van der Waals surface area contributed by atoms with E-state index in [2.05, 4.69) is 46.9 Å². The molecule has 0 unspecified atom stereocenters. The zero-order chi connectivity index (χ0) is 18.0.